The van der Waals surface area contributed by atoms with Gasteiger partial charge in [-0.15, -0.1) is 0 Å². The lowest BCUT2D eigenvalue weighted by molar-refractivity contribution is 0.635. The molecule has 0 bridgehead atoms. The molecular weight excluding hydrogens is 300 g/mol. The molecule has 3 heterocycles. The number of benzene rings is 1. The fraction of sp³-hybridized carbons (Fsp3) is 0.278. The predicted octanol–water partition coefficient (Wildman–Crippen LogP) is 2.51. The van der Waals surface area contributed by atoms with Crippen molar-refractivity contribution in [2.45, 2.75) is 19.5 Å². The molecule has 0 fully saturated rings. The predicted molar refractivity (Wildman–Crippen MR) is 94.5 cm³/mol. The van der Waals surface area contributed by atoms with Crippen molar-refractivity contribution in [3.63, 3.8) is 0 Å². The van der Waals surface area contributed by atoms with Crippen LogP contribution >= 0.6 is 0 Å². The maximum Gasteiger partial charge on any atom is 0.143 e. The van der Waals surface area contributed by atoms with Crippen LogP contribution in [0.25, 0.3) is 5.82 Å². The third kappa shape index (κ3) is 2.60. The van der Waals surface area contributed by atoms with Gasteiger partial charge in [-0.1, -0.05) is 18.2 Å². The van der Waals surface area contributed by atoms with Crippen molar-refractivity contribution in [3.05, 3.63) is 60.9 Å². The van der Waals surface area contributed by atoms with Gasteiger partial charge in [0.1, 0.15) is 24.3 Å². The third-order valence-electron chi connectivity index (χ3n) is 4.52. The maximum atomic E-state index is 4.53. The van der Waals surface area contributed by atoms with E-state index >= 15 is 0 Å². The molecule has 1 aliphatic heterocycles. The first-order valence-corrected chi connectivity index (χ1v) is 8.08. The van der Waals surface area contributed by atoms with Gasteiger partial charge < -0.3 is 9.80 Å². The van der Waals surface area contributed by atoms with E-state index in [1.54, 1.807) is 18.9 Å². The summed E-state index contributed by atoms with van der Waals surface area (Å²) in [7, 11) is 2.15. The molecule has 1 aliphatic rings. The normalized spacial score (nSPS) is 17.5. The van der Waals surface area contributed by atoms with E-state index in [1.807, 2.05) is 16.8 Å². The van der Waals surface area contributed by atoms with Crippen molar-refractivity contribution < 1.29 is 0 Å². The number of imidazole rings is 1. The van der Waals surface area contributed by atoms with Crippen molar-refractivity contribution in [1.29, 1.82) is 0 Å². The highest BCUT2D eigenvalue weighted by molar-refractivity contribution is 5.58. The van der Waals surface area contributed by atoms with E-state index in [0.717, 1.165) is 24.7 Å². The van der Waals surface area contributed by atoms with Gasteiger partial charge in [0.05, 0.1) is 0 Å². The van der Waals surface area contributed by atoms with Crippen LogP contribution in [-0.4, -0.2) is 39.2 Å². The van der Waals surface area contributed by atoms with Crippen LogP contribution in [0.1, 0.15) is 12.5 Å². The van der Waals surface area contributed by atoms with Gasteiger partial charge in [-0.25, -0.2) is 15.0 Å². The molecule has 1 atom stereocenters. The fourth-order valence-corrected chi connectivity index (χ4v) is 3.29. The molecular formula is C18H20N6. The first kappa shape index (κ1) is 14.7. The molecule has 4 rings (SSSR count). The van der Waals surface area contributed by atoms with Gasteiger partial charge in [0, 0.05) is 50.3 Å². The van der Waals surface area contributed by atoms with Crippen LogP contribution in [-0.2, 0) is 6.54 Å². The second kappa shape index (κ2) is 5.96. The van der Waals surface area contributed by atoms with Gasteiger partial charge >= 0.3 is 0 Å². The van der Waals surface area contributed by atoms with Crippen molar-refractivity contribution in [1.82, 2.24) is 19.5 Å². The highest BCUT2D eigenvalue weighted by Gasteiger charge is 2.24. The number of hydrogen-bond donors (Lipinski definition) is 0. The largest absolute Gasteiger partial charge is 0.372 e. The number of para-hydroxylation sites is 1. The summed E-state index contributed by atoms with van der Waals surface area (Å²) in [6, 6.07) is 10.9. The zero-order valence-electron chi connectivity index (χ0n) is 13.9. The lowest BCUT2D eigenvalue weighted by atomic mass is 10.1. The average Bonchev–Trinajstić information content (AvgIpc) is 3.10. The lowest BCUT2D eigenvalue weighted by Crippen LogP contribution is -2.38. The monoisotopic (exact) mass is 320 g/mol. The second-order valence-corrected chi connectivity index (χ2v) is 6.19. The fourth-order valence-electron chi connectivity index (χ4n) is 3.29. The summed E-state index contributed by atoms with van der Waals surface area (Å²) in [6.45, 7) is 4.02. The number of likely N-dealkylation sites (N-methyl/N-ethyl adjacent to an activating group) is 1. The first-order valence-electron chi connectivity index (χ1n) is 8.08. The molecule has 0 unspecified atom stereocenters. The number of rotatable bonds is 2. The molecule has 2 aromatic heterocycles. The zero-order valence-corrected chi connectivity index (χ0v) is 13.9. The molecule has 24 heavy (non-hydrogen) atoms. The van der Waals surface area contributed by atoms with Gasteiger partial charge in [0.25, 0.3) is 0 Å². The molecule has 6 nitrogen and oxygen atoms in total. The van der Waals surface area contributed by atoms with E-state index in [9.17, 15) is 0 Å². The van der Waals surface area contributed by atoms with E-state index in [1.165, 1.54) is 11.3 Å². The molecule has 122 valence electrons. The minimum atomic E-state index is 0.341. The van der Waals surface area contributed by atoms with Gasteiger partial charge in [-0.3, -0.25) is 4.57 Å². The highest BCUT2D eigenvalue weighted by Crippen LogP contribution is 2.29. The van der Waals surface area contributed by atoms with Crippen LogP contribution in [0.3, 0.4) is 0 Å². The van der Waals surface area contributed by atoms with Gasteiger partial charge in [-0.05, 0) is 18.6 Å². The van der Waals surface area contributed by atoms with Crippen LogP contribution in [0.4, 0.5) is 11.5 Å². The Kier molecular flexibility index (Phi) is 3.65. The van der Waals surface area contributed by atoms with Crippen LogP contribution < -0.4 is 9.80 Å². The van der Waals surface area contributed by atoms with Crippen molar-refractivity contribution >= 4 is 11.5 Å². The minimum absolute atomic E-state index is 0.341. The molecule has 0 aliphatic carbocycles. The summed E-state index contributed by atoms with van der Waals surface area (Å²) >= 11 is 0. The Morgan fingerprint density at radius 2 is 1.96 bits per heavy atom. The van der Waals surface area contributed by atoms with Crippen LogP contribution in [0, 0.1) is 0 Å². The molecule has 0 saturated carbocycles. The first-order chi connectivity index (χ1) is 11.7. The van der Waals surface area contributed by atoms with Crippen LogP contribution in [0.5, 0.6) is 0 Å². The van der Waals surface area contributed by atoms with E-state index in [0.29, 0.717) is 6.04 Å². The minimum Gasteiger partial charge on any atom is -0.372 e. The van der Waals surface area contributed by atoms with Crippen molar-refractivity contribution in [2.24, 2.45) is 0 Å². The molecule has 0 spiro atoms. The molecule has 3 aromatic rings. The Balaban J connectivity index is 1.72. The highest BCUT2D eigenvalue weighted by atomic mass is 15.3. The van der Waals surface area contributed by atoms with Gasteiger partial charge in [-0.2, -0.15) is 0 Å². The standard InChI is InChI=1S/C18H20N6/c1-14-10-22(2)16-6-4-3-5-15(16)11-24(14)18-9-17(20-12-21-18)23-8-7-19-13-23/h3-9,12-14H,10-11H2,1-2H3/t14-/m1/s1. The SMILES string of the molecule is C[C@@H]1CN(C)c2ccccc2CN1c1cc(-n2ccnc2)ncn1. The molecule has 0 radical (unpaired) electrons. The number of nitrogens with zero attached hydrogens (tertiary/aromatic N) is 6. The lowest BCUT2D eigenvalue weighted by Gasteiger charge is -2.29. The maximum absolute atomic E-state index is 4.53. The third-order valence-corrected chi connectivity index (χ3v) is 4.52. The Morgan fingerprint density at radius 3 is 2.79 bits per heavy atom. The summed E-state index contributed by atoms with van der Waals surface area (Å²) in [5, 5.41) is 0. The molecule has 1 aromatic carbocycles. The summed E-state index contributed by atoms with van der Waals surface area (Å²) < 4.78 is 1.90. The van der Waals surface area contributed by atoms with Gasteiger partial charge in [0.15, 0.2) is 0 Å². The number of anilines is 2. The van der Waals surface area contributed by atoms with E-state index in [4.69, 9.17) is 0 Å². The van der Waals surface area contributed by atoms with Gasteiger partial charge in [0.2, 0.25) is 0 Å². The zero-order chi connectivity index (χ0) is 16.5. The van der Waals surface area contributed by atoms with Crippen molar-refractivity contribution in [2.75, 3.05) is 23.4 Å². The number of aromatic nitrogens is 4. The Bertz CT molecular complexity index is 829. The van der Waals surface area contributed by atoms with Crippen molar-refractivity contribution in [3.8, 4) is 5.82 Å². The van der Waals surface area contributed by atoms with Crippen LogP contribution in [0.2, 0.25) is 0 Å². The molecule has 0 N–H and O–H groups in total. The quantitative estimate of drug-likeness (QED) is 0.726. The second-order valence-electron chi connectivity index (χ2n) is 6.19. The van der Waals surface area contributed by atoms with E-state index in [-0.39, 0.29) is 0 Å². The Hall–Kier alpha value is -2.89. The summed E-state index contributed by atoms with van der Waals surface area (Å²) in [5.41, 5.74) is 2.60. The topological polar surface area (TPSA) is 50.1 Å². The summed E-state index contributed by atoms with van der Waals surface area (Å²) in [4.78, 5) is 17.6. The van der Waals surface area contributed by atoms with E-state index < -0.39 is 0 Å². The number of hydrogen-bond acceptors (Lipinski definition) is 5. The smallest absolute Gasteiger partial charge is 0.143 e. The number of fused-ring (bicyclic) bond motifs is 1. The van der Waals surface area contributed by atoms with E-state index in [2.05, 4.69) is 63.0 Å². The van der Waals surface area contributed by atoms with Crippen LogP contribution in [0.15, 0.2) is 55.4 Å². The molecule has 0 amide bonds. The average molecular weight is 320 g/mol. The Labute approximate surface area is 141 Å². The summed E-state index contributed by atoms with van der Waals surface area (Å²) in [5.74, 6) is 1.77. The molecule has 0 saturated heterocycles. The summed E-state index contributed by atoms with van der Waals surface area (Å²) in [6.07, 6.45) is 7.02. The Morgan fingerprint density at radius 1 is 1.12 bits per heavy atom. The molecule has 6 heteroatoms.